The standard InChI is InChI=1S/C10H14N6O2/c1-10(2,8(11)17)4-12-6-3-7-14-15-9(18)16(7)5-13-6/h3,5,12H,4H2,1-2H3,(H2,11,17)(H,15,18). The van der Waals surface area contributed by atoms with Crippen molar-refractivity contribution in [3.05, 3.63) is 22.9 Å². The summed E-state index contributed by atoms with van der Waals surface area (Å²) in [5.41, 5.74) is 4.69. The third kappa shape index (κ3) is 2.17. The van der Waals surface area contributed by atoms with E-state index in [9.17, 15) is 9.59 Å². The highest BCUT2D eigenvalue weighted by Crippen LogP contribution is 2.15. The Morgan fingerprint density at radius 3 is 3.00 bits per heavy atom. The number of fused-ring (bicyclic) bond motifs is 1. The zero-order valence-corrected chi connectivity index (χ0v) is 10.1. The first-order valence-corrected chi connectivity index (χ1v) is 5.37. The lowest BCUT2D eigenvalue weighted by Crippen LogP contribution is -2.37. The second kappa shape index (κ2) is 4.13. The van der Waals surface area contributed by atoms with Crippen molar-refractivity contribution in [2.45, 2.75) is 13.8 Å². The maximum Gasteiger partial charge on any atom is 0.348 e. The molecule has 0 unspecified atom stereocenters. The number of carbonyl (C=O) groups excluding carboxylic acids is 1. The Labute approximate surface area is 102 Å². The van der Waals surface area contributed by atoms with Crippen molar-refractivity contribution >= 4 is 17.4 Å². The minimum atomic E-state index is -0.681. The van der Waals surface area contributed by atoms with Crippen molar-refractivity contribution in [2.75, 3.05) is 11.9 Å². The normalized spacial score (nSPS) is 11.7. The van der Waals surface area contributed by atoms with Crippen LogP contribution in [0, 0.1) is 5.41 Å². The quantitative estimate of drug-likeness (QED) is 0.665. The van der Waals surface area contributed by atoms with Crippen LogP contribution in [0.4, 0.5) is 5.82 Å². The summed E-state index contributed by atoms with van der Waals surface area (Å²) in [6.45, 7) is 3.82. The fourth-order valence-corrected chi connectivity index (χ4v) is 1.31. The molecule has 0 bridgehead atoms. The minimum absolute atomic E-state index is 0.346. The van der Waals surface area contributed by atoms with Gasteiger partial charge in [0.25, 0.3) is 0 Å². The summed E-state index contributed by atoms with van der Waals surface area (Å²) in [4.78, 5) is 26.4. The van der Waals surface area contributed by atoms with E-state index in [4.69, 9.17) is 5.73 Å². The van der Waals surface area contributed by atoms with Crippen LogP contribution in [0.5, 0.6) is 0 Å². The minimum Gasteiger partial charge on any atom is -0.369 e. The first kappa shape index (κ1) is 12.1. The summed E-state index contributed by atoms with van der Waals surface area (Å²) in [5.74, 6) is 0.128. The molecule has 2 heterocycles. The monoisotopic (exact) mass is 250 g/mol. The van der Waals surface area contributed by atoms with Gasteiger partial charge in [-0.05, 0) is 13.8 Å². The first-order valence-electron chi connectivity index (χ1n) is 5.37. The lowest BCUT2D eigenvalue weighted by atomic mass is 9.93. The van der Waals surface area contributed by atoms with Crippen LogP contribution in [0.25, 0.3) is 5.65 Å². The number of hydrogen-bond acceptors (Lipinski definition) is 5. The molecule has 4 N–H and O–H groups in total. The van der Waals surface area contributed by atoms with Gasteiger partial charge in [0.05, 0.1) is 5.41 Å². The molecule has 0 aromatic carbocycles. The molecular formula is C10H14N6O2. The van der Waals surface area contributed by atoms with Gasteiger partial charge in [-0.1, -0.05) is 0 Å². The third-order valence-corrected chi connectivity index (χ3v) is 2.69. The van der Waals surface area contributed by atoms with Gasteiger partial charge in [-0.3, -0.25) is 4.79 Å². The highest BCUT2D eigenvalue weighted by Gasteiger charge is 2.24. The van der Waals surface area contributed by atoms with Gasteiger partial charge in [0.2, 0.25) is 5.91 Å². The molecule has 96 valence electrons. The number of carbonyl (C=O) groups is 1. The highest BCUT2D eigenvalue weighted by molar-refractivity contribution is 5.80. The molecule has 2 aromatic rings. The Hall–Kier alpha value is -2.38. The Morgan fingerprint density at radius 2 is 2.33 bits per heavy atom. The Balaban J connectivity index is 2.18. The molecule has 0 saturated carbocycles. The highest BCUT2D eigenvalue weighted by atomic mass is 16.2. The molecule has 1 amide bonds. The fraction of sp³-hybridized carbons (Fsp3) is 0.400. The molecule has 0 spiro atoms. The smallest absolute Gasteiger partial charge is 0.348 e. The summed E-state index contributed by atoms with van der Waals surface area (Å²) >= 11 is 0. The Bertz CT molecular complexity index is 641. The van der Waals surface area contributed by atoms with Gasteiger partial charge in [-0.2, -0.15) is 5.10 Å². The van der Waals surface area contributed by atoms with Gasteiger partial charge in [0, 0.05) is 12.6 Å². The zero-order valence-electron chi connectivity index (χ0n) is 10.1. The number of hydrogen-bond donors (Lipinski definition) is 3. The lowest BCUT2D eigenvalue weighted by molar-refractivity contribution is -0.125. The van der Waals surface area contributed by atoms with Gasteiger partial charge in [-0.25, -0.2) is 19.3 Å². The number of nitrogens with one attached hydrogen (secondary N) is 2. The zero-order chi connectivity index (χ0) is 13.3. The van der Waals surface area contributed by atoms with Crippen LogP contribution in [-0.2, 0) is 4.79 Å². The van der Waals surface area contributed by atoms with Crippen molar-refractivity contribution in [3.63, 3.8) is 0 Å². The molecule has 0 atom stereocenters. The molecule has 0 aliphatic heterocycles. The number of nitrogens with zero attached hydrogens (tertiary/aromatic N) is 3. The van der Waals surface area contributed by atoms with E-state index in [1.165, 1.54) is 10.7 Å². The SMILES string of the molecule is CC(C)(CNc1cc2n[nH]c(=O)n2cn1)C(N)=O. The number of anilines is 1. The van der Waals surface area contributed by atoms with Crippen LogP contribution in [0.2, 0.25) is 0 Å². The molecule has 2 rings (SSSR count). The summed E-state index contributed by atoms with van der Waals surface area (Å²) in [7, 11) is 0. The summed E-state index contributed by atoms with van der Waals surface area (Å²) in [6, 6.07) is 1.61. The van der Waals surface area contributed by atoms with E-state index in [1.54, 1.807) is 19.9 Å². The van der Waals surface area contributed by atoms with E-state index in [-0.39, 0.29) is 5.69 Å². The van der Waals surface area contributed by atoms with Gasteiger partial charge < -0.3 is 11.1 Å². The average molecular weight is 250 g/mol. The second-order valence-corrected chi connectivity index (χ2v) is 4.63. The number of H-pyrrole nitrogens is 1. The molecule has 18 heavy (non-hydrogen) atoms. The van der Waals surface area contributed by atoms with E-state index in [0.717, 1.165) is 0 Å². The van der Waals surface area contributed by atoms with Gasteiger partial charge in [0.15, 0.2) is 5.65 Å². The molecule has 8 nitrogen and oxygen atoms in total. The Kier molecular flexibility index (Phi) is 2.77. The third-order valence-electron chi connectivity index (χ3n) is 2.69. The van der Waals surface area contributed by atoms with Gasteiger partial charge >= 0.3 is 5.69 Å². The van der Waals surface area contributed by atoms with Crippen molar-refractivity contribution in [3.8, 4) is 0 Å². The molecule has 8 heteroatoms. The molecule has 0 fully saturated rings. The van der Waals surface area contributed by atoms with E-state index in [1.807, 2.05) is 0 Å². The largest absolute Gasteiger partial charge is 0.369 e. The lowest BCUT2D eigenvalue weighted by Gasteiger charge is -2.20. The van der Waals surface area contributed by atoms with Crippen LogP contribution in [0.3, 0.4) is 0 Å². The van der Waals surface area contributed by atoms with Crippen LogP contribution >= 0.6 is 0 Å². The van der Waals surface area contributed by atoms with E-state index in [2.05, 4.69) is 20.5 Å². The molecule has 0 radical (unpaired) electrons. The number of amides is 1. The van der Waals surface area contributed by atoms with Crippen molar-refractivity contribution in [1.29, 1.82) is 0 Å². The van der Waals surface area contributed by atoms with Crippen LogP contribution in [0.1, 0.15) is 13.8 Å². The van der Waals surface area contributed by atoms with E-state index >= 15 is 0 Å². The van der Waals surface area contributed by atoms with Crippen LogP contribution in [-0.4, -0.2) is 32.0 Å². The van der Waals surface area contributed by atoms with Crippen molar-refractivity contribution < 1.29 is 4.79 Å². The maximum absolute atomic E-state index is 11.2. The first-order chi connectivity index (χ1) is 8.40. The average Bonchev–Trinajstić information content (AvgIpc) is 2.68. The number of aromatic amines is 1. The topological polar surface area (TPSA) is 118 Å². The fourth-order valence-electron chi connectivity index (χ4n) is 1.31. The molecule has 0 aliphatic rings. The predicted molar refractivity (Wildman–Crippen MR) is 65.1 cm³/mol. The maximum atomic E-state index is 11.2. The number of primary amides is 1. The van der Waals surface area contributed by atoms with E-state index < -0.39 is 11.3 Å². The van der Waals surface area contributed by atoms with Crippen LogP contribution < -0.4 is 16.7 Å². The Morgan fingerprint density at radius 1 is 1.61 bits per heavy atom. The van der Waals surface area contributed by atoms with Crippen molar-refractivity contribution in [1.82, 2.24) is 19.6 Å². The predicted octanol–water partition coefficient (Wildman–Crippen LogP) is -0.659. The summed E-state index contributed by atoms with van der Waals surface area (Å²) < 4.78 is 1.28. The van der Waals surface area contributed by atoms with E-state index in [0.29, 0.717) is 18.0 Å². The van der Waals surface area contributed by atoms with Crippen molar-refractivity contribution in [2.24, 2.45) is 11.1 Å². The number of rotatable bonds is 4. The second-order valence-electron chi connectivity index (χ2n) is 4.63. The summed E-state index contributed by atoms with van der Waals surface area (Å²) in [6.07, 6.45) is 1.36. The number of nitrogens with two attached hydrogens (primary N) is 1. The molecular weight excluding hydrogens is 236 g/mol. The summed E-state index contributed by atoms with van der Waals surface area (Å²) in [5, 5.41) is 9.11. The molecule has 2 aromatic heterocycles. The van der Waals surface area contributed by atoms with Gasteiger partial charge in [-0.15, -0.1) is 0 Å². The molecule has 0 aliphatic carbocycles. The van der Waals surface area contributed by atoms with Gasteiger partial charge in [0.1, 0.15) is 12.1 Å². The van der Waals surface area contributed by atoms with Crippen LogP contribution in [0.15, 0.2) is 17.2 Å². The number of aromatic nitrogens is 4. The molecule has 0 saturated heterocycles.